The summed E-state index contributed by atoms with van der Waals surface area (Å²) in [4.78, 5) is 19.8. The molecule has 6 rings (SSSR count). The van der Waals surface area contributed by atoms with Crippen molar-refractivity contribution in [3.63, 3.8) is 0 Å². The minimum absolute atomic E-state index is 0.0776. The Balaban J connectivity index is 1.57. The van der Waals surface area contributed by atoms with Crippen LogP contribution in [0.5, 0.6) is 5.75 Å². The van der Waals surface area contributed by atoms with E-state index >= 15 is 0 Å². The Morgan fingerprint density at radius 3 is 2.44 bits per heavy atom. The second kappa shape index (κ2) is 9.29. The molecule has 5 heteroatoms. The number of hydrogen-bond donors (Lipinski definition) is 0. The van der Waals surface area contributed by atoms with Crippen molar-refractivity contribution in [2.75, 3.05) is 7.11 Å². The minimum Gasteiger partial charge on any atom is -0.497 e. The van der Waals surface area contributed by atoms with Crippen LogP contribution >= 0.6 is 11.8 Å². The molecule has 0 N–H and O–H groups in total. The van der Waals surface area contributed by atoms with Crippen molar-refractivity contribution >= 4 is 11.8 Å². The van der Waals surface area contributed by atoms with Crippen LogP contribution in [-0.2, 0) is 17.6 Å². The first kappa shape index (κ1) is 23.1. The lowest BCUT2D eigenvalue weighted by molar-refractivity contribution is 0.414. The van der Waals surface area contributed by atoms with Gasteiger partial charge in [-0.1, -0.05) is 73.1 Å². The van der Waals surface area contributed by atoms with Crippen LogP contribution < -0.4 is 10.3 Å². The van der Waals surface area contributed by atoms with Gasteiger partial charge in [-0.15, -0.1) is 0 Å². The van der Waals surface area contributed by atoms with Crippen LogP contribution in [0.1, 0.15) is 47.9 Å². The van der Waals surface area contributed by atoms with Gasteiger partial charge in [-0.3, -0.25) is 9.36 Å². The zero-order valence-electron chi connectivity index (χ0n) is 20.8. The molecule has 1 spiro atoms. The SMILES string of the molecule is COc1ccc(-n2c(SCc3ccccc3C)nc3c(c2=O)C2(CCCC2)Cc2ccccc2-3)cc1. The lowest BCUT2D eigenvalue weighted by Gasteiger charge is -2.36. The molecule has 3 aromatic carbocycles. The first-order chi connectivity index (χ1) is 17.6. The molecule has 4 nitrogen and oxygen atoms in total. The predicted molar refractivity (Wildman–Crippen MR) is 146 cm³/mol. The van der Waals surface area contributed by atoms with E-state index in [0.29, 0.717) is 0 Å². The van der Waals surface area contributed by atoms with Crippen LogP contribution in [0, 0.1) is 6.92 Å². The monoisotopic (exact) mass is 494 g/mol. The van der Waals surface area contributed by atoms with E-state index < -0.39 is 0 Å². The highest BCUT2D eigenvalue weighted by atomic mass is 32.2. The molecule has 1 aromatic heterocycles. The first-order valence-corrected chi connectivity index (χ1v) is 13.7. The fourth-order valence-corrected chi connectivity index (χ4v) is 7.06. The minimum atomic E-state index is -0.124. The summed E-state index contributed by atoms with van der Waals surface area (Å²) in [6.07, 6.45) is 5.33. The van der Waals surface area contributed by atoms with E-state index in [-0.39, 0.29) is 11.0 Å². The van der Waals surface area contributed by atoms with Gasteiger partial charge in [-0.25, -0.2) is 4.98 Å². The number of benzene rings is 3. The summed E-state index contributed by atoms with van der Waals surface area (Å²) in [6.45, 7) is 2.13. The number of aromatic nitrogens is 2. The molecule has 0 unspecified atom stereocenters. The Morgan fingerprint density at radius 1 is 0.972 bits per heavy atom. The molecule has 2 aliphatic carbocycles. The van der Waals surface area contributed by atoms with Crippen LogP contribution in [0.25, 0.3) is 16.9 Å². The molecule has 0 bridgehead atoms. The fourth-order valence-electron chi connectivity index (χ4n) is 5.98. The van der Waals surface area contributed by atoms with Crippen molar-refractivity contribution in [2.45, 2.75) is 55.4 Å². The summed E-state index contributed by atoms with van der Waals surface area (Å²) in [5, 5.41) is 0.733. The van der Waals surface area contributed by atoms with Gasteiger partial charge in [0.1, 0.15) is 5.75 Å². The van der Waals surface area contributed by atoms with Crippen molar-refractivity contribution < 1.29 is 4.74 Å². The van der Waals surface area contributed by atoms with Gasteiger partial charge < -0.3 is 4.74 Å². The molecule has 0 radical (unpaired) electrons. The molecule has 1 heterocycles. The van der Waals surface area contributed by atoms with Gasteiger partial charge >= 0.3 is 0 Å². The molecule has 2 aliphatic rings. The second-order valence-electron chi connectivity index (χ2n) is 9.99. The third kappa shape index (κ3) is 3.86. The Bertz CT molecular complexity index is 1480. The molecule has 0 atom stereocenters. The number of methoxy groups -OCH3 is 1. The standard InChI is InChI=1S/C31H30N2O2S/c1-21-9-3-4-11-23(21)20-36-30-32-28-26-12-6-5-10-22(26)19-31(17-7-8-18-31)27(28)29(34)33(30)24-13-15-25(35-2)16-14-24/h3-6,9-16H,7-8,17-20H2,1-2H3. The summed E-state index contributed by atoms with van der Waals surface area (Å²) in [5.74, 6) is 1.52. The molecule has 0 amide bonds. The number of fused-ring (bicyclic) bond motifs is 4. The van der Waals surface area contributed by atoms with E-state index in [1.807, 2.05) is 28.8 Å². The Hall–Kier alpha value is -3.31. The number of hydrogen-bond acceptors (Lipinski definition) is 4. The average Bonchev–Trinajstić information content (AvgIpc) is 3.36. The van der Waals surface area contributed by atoms with Gasteiger partial charge in [0.25, 0.3) is 5.56 Å². The Labute approximate surface area is 216 Å². The zero-order valence-corrected chi connectivity index (χ0v) is 21.6. The van der Waals surface area contributed by atoms with Crippen LogP contribution in [0.4, 0.5) is 0 Å². The third-order valence-electron chi connectivity index (χ3n) is 7.89. The molecule has 1 saturated carbocycles. The topological polar surface area (TPSA) is 44.1 Å². The lowest BCUT2D eigenvalue weighted by atomic mass is 9.68. The summed E-state index contributed by atoms with van der Waals surface area (Å²) in [5.41, 5.74) is 7.51. The van der Waals surface area contributed by atoms with Gasteiger partial charge in [0, 0.05) is 16.7 Å². The average molecular weight is 495 g/mol. The largest absolute Gasteiger partial charge is 0.497 e. The molecular formula is C31H30N2O2S. The van der Waals surface area contributed by atoms with Crippen LogP contribution in [0.3, 0.4) is 0 Å². The van der Waals surface area contributed by atoms with Gasteiger partial charge in [0.2, 0.25) is 0 Å². The van der Waals surface area contributed by atoms with E-state index in [0.717, 1.165) is 71.3 Å². The summed E-state index contributed by atoms with van der Waals surface area (Å²) in [7, 11) is 1.66. The zero-order chi connectivity index (χ0) is 24.7. The number of nitrogens with zero attached hydrogens (tertiary/aromatic N) is 2. The second-order valence-corrected chi connectivity index (χ2v) is 10.9. The van der Waals surface area contributed by atoms with Gasteiger partial charge in [-0.05, 0) is 67.1 Å². The van der Waals surface area contributed by atoms with Crippen LogP contribution in [-0.4, -0.2) is 16.7 Å². The van der Waals surface area contributed by atoms with Crippen molar-refractivity contribution in [3.8, 4) is 22.7 Å². The van der Waals surface area contributed by atoms with E-state index in [2.05, 4.69) is 55.5 Å². The normalized spacial score (nSPS) is 15.5. The maximum Gasteiger partial charge on any atom is 0.263 e. The van der Waals surface area contributed by atoms with Gasteiger partial charge in [0.05, 0.1) is 24.1 Å². The molecular weight excluding hydrogens is 464 g/mol. The van der Waals surface area contributed by atoms with Gasteiger partial charge in [-0.2, -0.15) is 0 Å². The van der Waals surface area contributed by atoms with E-state index in [4.69, 9.17) is 9.72 Å². The molecule has 4 aromatic rings. The lowest BCUT2D eigenvalue weighted by Crippen LogP contribution is -2.40. The molecule has 0 saturated heterocycles. The van der Waals surface area contributed by atoms with Gasteiger partial charge in [0.15, 0.2) is 5.16 Å². The van der Waals surface area contributed by atoms with E-state index in [1.165, 1.54) is 16.7 Å². The molecule has 0 aliphatic heterocycles. The number of aryl methyl sites for hydroxylation is 1. The van der Waals surface area contributed by atoms with Crippen LogP contribution in [0.15, 0.2) is 82.7 Å². The highest BCUT2D eigenvalue weighted by molar-refractivity contribution is 7.98. The Kier molecular flexibility index (Phi) is 5.96. The smallest absolute Gasteiger partial charge is 0.263 e. The third-order valence-corrected chi connectivity index (χ3v) is 8.88. The number of ether oxygens (including phenoxy) is 1. The van der Waals surface area contributed by atoms with E-state index in [9.17, 15) is 4.79 Å². The van der Waals surface area contributed by atoms with E-state index in [1.54, 1.807) is 18.9 Å². The quantitative estimate of drug-likeness (QED) is 0.224. The number of thioether (sulfide) groups is 1. The summed E-state index contributed by atoms with van der Waals surface area (Å²) in [6, 6.07) is 24.7. The number of rotatable bonds is 5. The van der Waals surface area contributed by atoms with Crippen molar-refractivity contribution in [2.24, 2.45) is 0 Å². The maximum atomic E-state index is 14.5. The molecule has 1 fully saturated rings. The van der Waals surface area contributed by atoms with Crippen molar-refractivity contribution in [1.82, 2.24) is 9.55 Å². The summed E-state index contributed by atoms with van der Waals surface area (Å²) >= 11 is 1.63. The predicted octanol–water partition coefficient (Wildman–Crippen LogP) is 6.88. The van der Waals surface area contributed by atoms with Crippen molar-refractivity contribution in [3.05, 3.63) is 105 Å². The Morgan fingerprint density at radius 2 is 1.69 bits per heavy atom. The molecule has 182 valence electrons. The maximum absolute atomic E-state index is 14.5. The highest BCUT2D eigenvalue weighted by Crippen LogP contribution is 2.50. The van der Waals surface area contributed by atoms with Crippen molar-refractivity contribution in [1.29, 1.82) is 0 Å². The van der Waals surface area contributed by atoms with Crippen LogP contribution in [0.2, 0.25) is 0 Å². The summed E-state index contributed by atoms with van der Waals surface area (Å²) < 4.78 is 7.22. The fraction of sp³-hybridized carbons (Fsp3) is 0.290. The first-order valence-electron chi connectivity index (χ1n) is 12.7. The highest BCUT2D eigenvalue weighted by Gasteiger charge is 2.44. The molecule has 36 heavy (non-hydrogen) atoms.